The van der Waals surface area contributed by atoms with Gasteiger partial charge in [-0.2, -0.15) is 0 Å². The molecule has 0 saturated carbocycles. The lowest BCUT2D eigenvalue weighted by molar-refractivity contribution is 0.135. The first kappa shape index (κ1) is 14.9. The van der Waals surface area contributed by atoms with E-state index in [4.69, 9.17) is 9.47 Å². The van der Waals surface area contributed by atoms with Crippen molar-refractivity contribution in [1.29, 1.82) is 0 Å². The fourth-order valence-corrected chi connectivity index (χ4v) is 1.93. The van der Waals surface area contributed by atoms with Gasteiger partial charge in [0.05, 0.1) is 0 Å². The van der Waals surface area contributed by atoms with Gasteiger partial charge in [0, 0.05) is 33.5 Å². The molecule has 0 aliphatic heterocycles. The van der Waals surface area contributed by atoms with Gasteiger partial charge in [0.2, 0.25) is 0 Å². The summed E-state index contributed by atoms with van der Waals surface area (Å²) >= 11 is 0. The van der Waals surface area contributed by atoms with E-state index in [9.17, 15) is 0 Å². The quantitative estimate of drug-likeness (QED) is 0.640. The van der Waals surface area contributed by atoms with Gasteiger partial charge < -0.3 is 14.8 Å². The predicted octanol–water partition coefficient (Wildman–Crippen LogP) is 1.92. The van der Waals surface area contributed by atoms with Gasteiger partial charge in [0.15, 0.2) is 0 Å². The fraction of sp³-hybridized carbons (Fsp3) is 1.00. The van der Waals surface area contributed by atoms with Crippen LogP contribution in [0.3, 0.4) is 0 Å². The Labute approximate surface area is 94.5 Å². The summed E-state index contributed by atoms with van der Waals surface area (Å²) in [6.45, 7) is 6.20. The average molecular weight is 217 g/mol. The Hall–Kier alpha value is -0.120. The molecular weight excluding hydrogens is 190 g/mol. The maximum atomic E-state index is 5.16. The van der Waals surface area contributed by atoms with Gasteiger partial charge in [-0.3, -0.25) is 0 Å². The van der Waals surface area contributed by atoms with E-state index < -0.39 is 0 Å². The van der Waals surface area contributed by atoms with E-state index in [1.54, 1.807) is 14.2 Å². The summed E-state index contributed by atoms with van der Waals surface area (Å²) < 4.78 is 10.3. The second kappa shape index (κ2) is 9.13. The molecule has 0 aromatic rings. The van der Waals surface area contributed by atoms with Gasteiger partial charge in [-0.15, -0.1) is 0 Å². The molecule has 3 nitrogen and oxygen atoms in total. The monoisotopic (exact) mass is 217 g/mol. The molecule has 0 aliphatic rings. The number of methoxy groups -OCH3 is 2. The topological polar surface area (TPSA) is 30.5 Å². The van der Waals surface area contributed by atoms with E-state index in [1.807, 2.05) is 7.05 Å². The van der Waals surface area contributed by atoms with Gasteiger partial charge in [-0.05, 0) is 31.7 Å². The maximum absolute atomic E-state index is 5.16. The van der Waals surface area contributed by atoms with Crippen LogP contribution in [0, 0.1) is 11.8 Å². The average Bonchev–Trinajstić information content (AvgIpc) is 2.22. The van der Waals surface area contributed by atoms with Gasteiger partial charge in [0.25, 0.3) is 0 Å². The summed E-state index contributed by atoms with van der Waals surface area (Å²) in [6.07, 6.45) is 2.27. The standard InChI is InChI=1S/C12H27NO2/c1-10(9-15-5)8-12(13-3)11(2)6-7-14-4/h10-13H,6-9H2,1-5H3. The lowest BCUT2D eigenvalue weighted by Gasteiger charge is -2.26. The molecular formula is C12H27NO2. The smallest absolute Gasteiger partial charge is 0.0488 e. The SMILES string of the molecule is CNC(CC(C)COC)C(C)CCOC. The van der Waals surface area contributed by atoms with Crippen LogP contribution in [0.2, 0.25) is 0 Å². The minimum atomic E-state index is 0.560. The van der Waals surface area contributed by atoms with Crippen LogP contribution in [-0.4, -0.2) is 40.5 Å². The van der Waals surface area contributed by atoms with E-state index in [-0.39, 0.29) is 0 Å². The highest BCUT2D eigenvalue weighted by Crippen LogP contribution is 2.16. The molecule has 0 heterocycles. The van der Waals surface area contributed by atoms with Crippen molar-refractivity contribution in [3.63, 3.8) is 0 Å². The molecule has 0 amide bonds. The predicted molar refractivity (Wildman–Crippen MR) is 64.2 cm³/mol. The minimum Gasteiger partial charge on any atom is -0.385 e. The normalized spacial score (nSPS) is 17.4. The number of nitrogens with one attached hydrogen (secondary N) is 1. The summed E-state index contributed by atoms with van der Waals surface area (Å²) in [6, 6.07) is 0.560. The molecule has 15 heavy (non-hydrogen) atoms. The molecule has 0 bridgehead atoms. The van der Waals surface area contributed by atoms with Gasteiger partial charge in [0.1, 0.15) is 0 Å². The second-order valence-corrected chi connectivity index (χ2v) is 4.45. The largest absolute Gasteiger partial charge is 0.385 e. The Kier molecular flexibility index (Phi) is 9.06. The van der Waals surface area contributed by atoms with E-state index in [0.717, 1.165) is 26.1 Å². The maximum Gasteiger partial charge on any atom is 0.0488 e. The van der Waals surface area contributed by atoms with Gasteiger partial charge >= 0.3 is 0 Å². The summed E-state index contributed by atoms with van der Waals surface area (Å²) in [5, 5.41) is 3.39. The van der Waals surface area contributed by atoms with E-state index >= 15 is 0 Å². The molecule has 92 valence electrons. The number of hydrogen-bond acceptors (Lipinski definition) is 3. The molecule has 0 aromatic carbocycles. The summed E-state index contributed by atoms with van der Waals surface area (Å²) in [5.74, 6) is 1.26. The number of rotatable bonds is 9. The Morgan fingerprint density at radius 2 is 1.80 bits per heavy atom. The van der Waals surface area contributed by atoms with Crippen LogP contribution >= 0.6 is 0 Å². The second-order valence-electron chi connectivity index (χ2n) is 4.45. The van der Waals surface area contributed by atoms with Crippen molar-refractivity contribution in [2.24, 2.45) is 11.8 Å². The molecule has 0 aromatic heterocycles. The van der Waals surface area contributed by atoms with Crippen LogP contribution in [0.5, 0.6) is 0 Å². The van der Waals surface area contributed by atoms with Crippen molar-refractivity contribution in [2.45, 2.75) is 32.7 Å². The zero-order chi connectivity index (χ0) is 11.7. The third kappa shape index (κ3) is 6.88. The van der Waals surface area contributed by atoms with Crippen LogP contribution < -0.4 is 5.32 Å². The molecule has 1 N–H and O–H groups in total. The van der Waals surface area contributed by atoms with E-state index in [0.29, 0.717) is 17.9 Å². The molecule has 0 aliphatic carbocycles. The molecule has 3 heteroatoms. The molecule has 0 fully saturated rings. The molecule has 0 radical (unpaired) electrons. The van der Waals surface area contributed by atoms with Gasteiger partial charge in [-0.25, -0.2) is 0 Å². The molecule has 3 atom stereocenters. The summed E-state index contributed by atoms with van der Waals surface area (Å²) in [5.41, 5.74) is 0. The van der Waals surface area contributed by atoms with Crippen LogP contribution in [-0.2, 0) is 9.47 Å². The van der Waals surface area contributed by atoms with Gasteiger partial charge in [-0.1, -0.05) is 13.8 Å². The highest BCUT2D eigenvalue weighted by Gasteiger charge is 2.17. The number of ether oxygens (including phenoxy) is 2. The van der Waals surface area contributed by atoms with Crippen LogP contribution in [0.4, 0.5) is 0 Å². The summed E-state index contributed by atoms with van der Waals surface area (Å²) in [4.78, 5) is 0. The lowest BCUT2D eigenvalue weighted by Crippen LogP contribution is -2.35. The lowest BCUT2D eigenvalue weighted by atomic mass is 9.91. The Morgan fingerprint density at radius 3 is 2.27 bits per heavy atom. The number of hydrogen-bond donors (Lipinski definition) is 1. The van der Waals surface area contributed by atoms with Crippen molar-refractivity contribution in [1.82, 2.24) is 5.32 Å². The highest BCUT2D eigenvalue weighted by atomic mass is 16.5. The fourth-order valence-electron chi connectivity index (χ4n) is 1.93. The molecule has 0 saturated heterocycles. The first-order valence-corrected chi connectivity index (χ1v) is 5.80. The minimum absolute atomic E-state index is 0.560. The van der Waals surface area contributed by atoms with E-state index in [2.05, 4.69) is 19.2 Å². The molecule has 3 unspecified atom stereocenters. The summed E-state index contributed by atoms with van der Waals surface area (Å²) in [7, 11) is 5.56. The first-order valence-electron chi connectivity index (χ1n) is 5.80. The van der Waals surface area contributed by atoms with Crippen molar-refractivity contribution in [3.8, 4) is 0 Å². The molecule has 0 rings (SSSR count). The van der Waals surface area contributed by atoms with Crippen LogP contribution in [0.15, 0.2) is 0 Å². The third-order valence-electron chi connectivity index (χ3n) is 2.94. The Balaban J connectivity index is 3.88. The van der Waals surface area contributed by atoms with Crippen molar-refractivity contribution in [3.05, 3.63) is 0 Å². The van der Waals surface area contributed by atoms with Crippen molar-refractivity contribution < 1.29 is 9.47 Å². The zero-order valence-electron chi connectivity index (χ0n) is 10.9. The zero-order valence-corrected chi connectivity index (χ0v) is 10.9. The van der Waals surface area contributed by atoms with Crippen molar-refractivity contribution >= 4 is 0 Å². The van der Waals surface area contributed by atoms with Crippen molar-refractivity contribution in [2.75, 3.05) is 34.5 Å². The first-order chi connectivity index (χ1) is 7.15. The highest BCUT2D eigenvalue weighted by molar-refractivity contribution is 4.74. The molecule has 0 spiro atoms. The Morgan fingerprint density at radius 1 is 1.13 bits per heavy atom. The van der Waals surface area contributed by atoms with E-state index in [1.165, 1.54) is 0 Å². The Bertz CT molecular complexity index is 142. The third-order valence-corrected chi connectivity index (χ3v) is 2.94. The van der Waals surface area contributed by atoms with Crippen LogP contribution in [0.1, 0.15) is 26.7 Å². The van der Waals surface area contributed by atoms with Crippen LogP contribution in [0.25, 0.3) is 0 Å².